The number of esters is 1. The number of nitrogens with one attached hydrogen (secondary N) is 4. The number of anilines is 1. The van der Waals surface area contributed by atoms with Crippen molar-refractivity contribution in [3.8, 4) is 23.7 Å². The third-order valence-corrected chi connectivity index (χ3v) is 13.2. The number of cyclic esters (lactones) is 1. The van der Waals surface area contributed by atoms with Crippen LogP contribution in [0, 0.1) is 31.0 Å². The molecule has 4 N–H and O–H groups in total. The number of alkyl carbamates (subject to hydrolysis) is 1. The molecule has 0 radical (unpaired) electrons. The molecule has 69 heavy (non-hydrogen) atoms. The Morgan fingerprint density at radius 1 is 0.971 bits per heavy atom. The molecule has 8 rings (SSSR count). The lowest BCUT2D eigenvalue weighted by Crippen LogP contribution is -2.54. The number of pyridine rings is 2. The number of terminal acetylenes is 1. The van der Waals surface area contributed by atoms with Gasteiger partial charge in [0.2, 0.25) is 11.8 Å². The molecule has 4 aromatic rings. The highest BCUT2D eigenvalue weighted by Crippen LogP contribution is 2.45. The molecule has 5 heterocycles. The first-order valence-corrected chi connectivity index (χ1v) is 23.1. The number of benzene rings is 2. The van der Waals surface area contributed by atoms with Gasteiger partial charge in [0.15, 0.2) is 6.04 Å². The monoisotopic (exact) mass is 941 g/mol. The van der Waals surface area contributed by atoms with Crippen molar-refractivity contribution in [2.45, 2.75) is 116 Å². The molecule has 0 spiro atoms. The van der Waals surface area contributed by atoms with Crippen LogP contribution in [0.1, 0.15) is 110 Å². The van der Waals surface area contributed by atoms with Crippen LogP contribution in [-0.2, 0) is 64.4 Å². The number of nitrogens with zero attached hydrogens (tertiary/aromatic N) is 3. The predicted molar refractivity (Wildman–Crippen MR) is 249 cm³/mol. The van der Waals surface area contributed by atoms with E-state index in [1.807, 2.05) is 13.0 Å². The molecule has 4 atom stereocenters. The lowest BCUT2D eigenvalue weighted by Gasteiger charge is -2.29. The molecular formula is C51H52FN7O10. The maximum Gasteiger partial charge on any atom is 0.407 e. The number of carbonyl (C=O) groups is 7. The third kappa shape index (κ3) is 9.58. The van der Waals surface area contributed by atoms with Crippen LogP contribution in [-0.4, -0.2) is 74.7 Å². The molecule has 2 aromatic heterocycles. The lowest BCUT2D eigenvalue weighted by molar-refractivity contribution is -0.148. The summed E-state index contributed by atoms with van der Waals surface area (Å²) in [6.07, 6.45) is 10.4. The highest BCUT2D eigenvalue weighted by atomic mass is 19.1. The van der Waals surface area contributed by atoms with Crippen LogP contribution in [0.4, 0.5) is 14.9 Å². The normalized spacial score (nSPS) is 17.3. The molecule has 1 aliphatic carbocycles. The number of hydrogen-bond donors (Lipinski definition) is 4. The molecule has 358 valence electrons. The first-order chi connectivity index (χ1) is 33.1. The molecular weight excluding hydrogens is 890 g/mol. The van der Waals surface area contributed by atoms with E-state index in [1.165, 1.54) is 18.2 Å². The highest BCUT2D eigenvalue weighted by Gasteiger charge is 2.38. The fourth-order valence-corrected chi connectivity index (χ4v) is 9.53. The molecule has 6 amide bonds. The lowest BCUT2D eigenvalue weighted by atomic mass is 9.81. The number of amides is 6. The summed E-state index contributed by atoms with van der Waals surface area (Å²) in [5, 5.41) is 11.6. The molecule has 18 heteroatoms. The average molecular weight is 942 g/mol. The topological polar surface area (TPSA) is 224 Å². The minimum absolute atomic E-state index is 0.111. The first kappa shape index (κ1) is 47.8. The molecule has 0 fully saturated rings. The van der Waals surface area contributed by atoms with Gasteiger partial charge in [-0.3, -0.25) is 38.5 Å². The van der Waals surface area contributed by atoms with Crippen LogP contribution < -0.4 is 26.8 Å². The Morgan fingerprint density at radius 2 is 1.71 bits per heavy atom. The number of ether oxygens (including phenoxy) is 2. The van der Waals surface area contributed by atoms with Crippen LogP contribution in [0.15, 0.2) is 53.3 Å². The number of aryl methyl sites for hydroxylation is 1. The molecule has 0 saturated heterocycles. The average Bonchev–Trinajstić information content (AvgIpc) is 3.86. The van der Waals surface area contributed by atoms with Crippen LogP contribution in [0.2, 0.25) is 0 Å². The van der Waals surface area contributed by atoms with Gasteiger partial charge in [0.25, 0.3) is 23.3 Å². The van der Waals surface area contributed by atoms with E-state index in [0.29, 0.717) is 83.4 Å². The van der Waals surface area contributed by atoms with Crippen molar-refractivity contribution in [1.82, 2.24) is 30.4 Å². The second-order valence-corrected chi connectivity index (χ2v) is 18.0. The summed E-state index contributed by atoms with van der Waals surface area (Å²) in [5.74, 6) is -1.89. The van der Waals surface area contributed by atoms with Gasteiger partial charge in [-0.15, -0.1) is 6.42 Å². The Bertz CT molecular complexity index is 2940. The minimum atomic E-state index is -1.38. The molecule has 3 aliphatic heterocycles. The number of carbonyl (C=O) groups excluding carboxylic acids is 7. The molecule has 1 unspecified atom stereocenters. The van der Waals surface area contributed by atoms with Gasteiger partial charge >= 0.3 is 12.1 Å². The summed E-state index contributed by atoms with van der Waals surface area (Å²) in [4.78, 5) is 109. The smallest absolute Gasteiger partial charge is 0.407 e. The summed E-state index contributed by atoms with van der Waals surface area (Å²) in [6, 6.07) is 6.72. The zero-order chi connectivity index (χ0) is 49.3. The Hall–Kier alpha value is -7.68. The van der Waals surface area contributed by atoms with E-state index in [0.717, 1.165) is 27.0 Å². The van der Waals surface area contributed by atoms with Crippen molar-refractivity contribution in [2.24, 2.45) is 5.92 Å². The maximum absolute atomic E-state index is 15.3. The zero-order valence-electron chi connectivity index (χ0n) is 38.7. The van der Waals surface area contributed by atoms with Crippen LogP contribution >= 0.6 is 0 Å². The van der Waals surface area contributed by atoms with Gasteiger partial charge in [-0.1, -0.05) is 45.2 Å². The first-order valence-electron chi connectivity index (χ1n) is 23.1. The van der Waals surface area contributed by atoms with E-state index in [2.05, 4.69) is 27.2 Å². The van der Waals surface area contributed by atoms with Gasteiger partial charge in [-0.25, -0.2) is 14.2 Å². The second kappa shape index (κ2) is 19.9. The Kier molecular flexibility index (Phi) is 13.8. The number of hydrogen-bond acceptors (Lipinski definition) is 11. The summed E-state index contributed by atoms with van der Waals surface area (Å²) in [6.45, 7) is 7.20. The van der Waals surface area contributed by atoms with Crippen LogP contribution in [0.3, 0.4) is 0 Å². The molecule has 0 bridgehead atoms. The number of halogens is 1. The van der Waals surface area contributed by atoms with E-state index in [4.69, 9.17) is 20.9 Å². The number of aromatic nitrogens is 2. The van der Waals surface area contributed by atoms with E-state index < -0.39 is 53.7 Å². The Morgan fingerprint density at radius 3 is 2.41 bits per heavy atom. The van der Waals surface area contributed by atoms with E-state index in [1.54, 1.807) is 49.6 Å². The fourth-order valence-electron chi connectivity index (χ4n) is 9.53. The fraction of sp³-hybridized carbons (Fsp3) is 0.392. The van der Waals surface area contributed by atoms with Crippen LogP contribution in [0.25, 0.3) is 22.3 Å². The van der Waals surface area contributed by atoms with Crippen molar-refractivity contribution in [3.05, 3.63) is 104 Å². The SMILES string of the molecule is C#C[C@H](NC(=O)[C@@H](NC(=O)CCCCCN1C(=O)C=CC1=O)C(C)C)C(=O)Nc1ccc(COC(=O)NC2CCc3c(C)c(F)cc4nc5c(c2c34)Cn2c-5cc3c(c2=O)COC(=O)[C@@H]3CC)cc1. The quantitative estimate of drug-likeness (QED) is 0.0445. The number of rotatable bonds is 16. The van der Waals surface area contributed by atoms with Gasteiger partial charge in [0.1, 0.15) is 25.1 Å². The molecule has 0 saturated carbocycles. The van der Waals surface area contributed by atoms with E-state index in [-0.39, 0.29) is 61.9 Å². The van der Waals surface area contributed by atoms with E-state index >= 15 is 4.39 Å². The van der Waals surface area contributed by atoms with Gasteiger partial charge in [-0.05, 0) is 91.0 Å². The summed E-state index contributed by atoms with van der Waals surface area (Å²) in [7, 11) is 0. The number of fused-ring (bicyclic) bond motifs is 5. The molecule has 2 aromatic carbocycles. The summed E-state index contributed by atoms with van der Waals surface area (Å²) < 4.78 is 28.0. The van der Waals surface area contributed by atoms with E-state index in [9.17, 15) is 38.4 Å². The van der Waals surface area contributed by atoms with Crippen molar-refractivity contribution < 1.29 is 47.4 Å². The maximum atomic E-state index is 15.3. The van der Waals surface area contributed by atoms with Gasteiger partial charge in [0.05, 0.1) is 41.0 Å². The Labute approximate surface area is 396 Å². The third-order valence-electron chi connectivity index (χ3n) is 13.2. The van der Waals surface area contributed by atoms with Crippen LogP contribution in [0.5, 0.6) is 0 Å². The zero-order valence-corrected chi connectivity index (χ0v) is 38.7. The van der Waals surface area contributed by atoms with Crippen molar-refractivity contribution in [1.29, 1.82) is 0 Å². The standard InChI is InChI=1S/C51H52FN7O10/c1-6-30-32-21-39-46-33(23-59(39)49(65)34(32)25-68-50(30)66)44-37(17-16-31-27(5)35(52)22-38(54-46)43(31)44)56-51(67)69-24-28-12-14-29(15-13-28)53-47(63)36(7-2)55-48(64)45(26(3)4)57-40(60)11-9-8-10-20-58-41(61)18-19-42(58)62/h2,12-15,18-19,21-22,26,30,36-37,45H,6,8-11,16-17,20,23-25H2,1,3-5H3,(H,53,63)(H,55,64)(H,56,67)(H,57,60)/t30-,36+,37?,45+/m1/s1. The summed E-state index contributed by atoms with van der Waals surface area (Å²) >= 11 is 0. The van der Waals surface area contributed by atoms with Gasteiger partial charge in [-0.2, -0.15) is 0 Å². The van der Waals surface area contributed by atoms with Gasteiger partial charge < -0.3 is 35.3 Å². The number of imide groups is 1. The highest BCUT2D eigenvalue weighted by molar-refractivity contribution is 6.12. The van der Waals surface area contributed by atoms with Gasteiger partial charge in [0, 0.05) is 47.8 Å². The predicted octanol–water partition coefficient (Wildman–Crippen LogP) is 5.02. The van der Waals surface area contributed by atoms with Crippen molar-refractivity contribution in [3.63, 3.8) is 0 Å². The number of unbranched alkanes of at least 4 members (excludes halogenated alkanes) is 2. The molecule has 17 nitrogen and oxygen atoms in total. The largest absolute Gasteiger partial charge is 0.460 e. The Balaban J connectivity index is 0.869. The van der Waals surface area contributed by atoms with Crippen molar-refractivity contribution >= 4 is 58.2 Å². The second-order valence-electron chi connectivity index (χ2n) is 18.0. The minimum Gasteiger partial charge on any atom is -0.460 e. The summed E-state index contributed by atoms with van der Waals surface area (Å²) in [5.41, 5.74) is 5.80. The van der Waals surface area contributed by atoms with Crippen molar-refractivity contribution in [2.75, 3.05) is 11.9 Å². The molecule has 4 aliphatic rings.